The number of aromatic nitrogens is 2. The van der Waals surface area contributed by atoms with Gasteiger partial charge in [0.15, 0.2) is 0 Å². The van der Waals surface area contributed by atoms with Gasteiger partial charge < -0.3 is 15.6 Å². The molecule has 2 aromatic rings. The summed E-state index contributed by atoms with van der Waals surface area (Å²) in [5.41, 5.74) is 7.70. The molecule has 6 N–H and O–H groups in total. The third kappa shape index (κ3) is 10.6. The number of hydrazine groups is 1. The first-order chi connectivity index (χ1) is 19.5. The van der Waals surface area contributed by atoms with Crippen LogP contribution in [0.4, 0.5) is 27.6 Å². The van der Waals surface area contributed by atoms with E-state index in [-0.39, 0.29) is 23.0 Å². The van der Waals surface area contributed by atoms with Crippen LogP contribution in [0.25, 0.3) is 0 Å². The number of hydrogen-bond acceptors (Lipinski definition) is 8. The zero-order valence-corrected chi connectivity index (χ0v) is 23.9. The summed E-state index contributed by atoms with van der Waals surface area (Å²) in [7, 11) is 0. The molecule has 0 saturated heterocycles. The van der Waals surface area contributed by atoms with Crippen molar-refractivity contribution in [3.05, 3.63) is 93.2 Å². The van der Waals surface area contributed by atoms with Crippen molar-refractivity contribution in [3.63, 3.8) is 0 Å². The fourth-order valence-electron chi connectivity index (χ4n) is 3.55. The number of hydrogen-bond donors (Lipinski definition) is 4. The summed E-state index contributed by atoms with van der Waals surface area (Å²) in [4.78, 5) is 23.4. The number of carbonyl (C=O) groups excluding carboxylic acids is 1. The third-order valence-electron chi connectivity index (χ3n) is 5.54. The molecule has 10 nitrogen and oxygen atoms in total. The summed E-state index contributed by atoms with van der Waals surface area (Å²) in [5, 5.41) is 10.5. The number of alkyl halides is 3. The molecule has 0 radical (unpaired) electrons. The summed E-state index contributed by atoms with van der Waals surface area (Å²) in [5.74, 6) is 4.51. The predicted molar refractivity (Wildman–Crippen MR) is 152 cm³/mol. The van der Waals surface area contributed by atoms with E-state index < -0.39 is 35.0 Å². The van der Waals surface area contributed by atoms with Crippen LogP contribution in [-0.4, -0.2) is 40.4 Å². The number of rotatable bonds is 6. The Morgan fingerprint density at radius 2 is 2.00 bits per heavy atom. The van der Waals surface area contributed by atoms with Crippen LogP contribution in [0.3, 0.4) is 0 Å². The topological polar surface area (TPSA) is 146 Å². The van der Waals surface area contributed by atoms with Gasteiger partial charge >= 0.3 is 6.18 Å². The summed E-state index contributed by atoms with van der Waals surface area (Å²) in [6.07, 6.45) is -0.487. The molecule has 1 aliphatic rings. The fourth-order valence-corrected chi connectivity index (χ4v) is 3.76. The molecule has 2 heterocycles. The zero-order valence-electron chi connectivity index (χ0n) is 23.1. The largest absolute Gasteiger partial charge is 0.416 e. The highest BCUT2D eigenvalue weighted by molar-refractivity contribution is 6.33. The van der Waals surface area contributed by atoms with Gasteiger partial charge in [0, 0.05) is 31.8 Å². The van der Waals surface area contributed by atoms with Crippen LogP contribution in [0.5, 0.6) is 0 Å². The highest BCUT2D eigenvalue weighted by Crippen LogP contribution is 2.38. The average Bonchev–Trinajstić information content (AvgIpc) is 2.92. The lowest BCUT2D eigenvalue weighted by molar-refractivity contribution is -0.138. The number of carbonyl (C=O) groups is 1. The SMILES string of the molecule is C/C=N\NC(C)=O.C=CC(=C)F.CC(c1ccc(F)cc1C(F)(F)F)N(N)C1=C(N)CN(c2cn[nH]c(=O)c2Cl)CC1. The minimum Gasteiger partial charge on any atom is -0.399 e. The highest BCUT2D eigenvalue weighted by Gasteiger charge is 2.36. The minimum absolute atomic E-state index is 0.0413. The second kappa shape index (κ2) is 16.3. The molecule has 1 aliphatic heterocycles. The van der Waals surface area contributed by atoms with E-state index in [1.807, 2.05) is 0 Å². The maximum atomic E-state index is 13.4. The average molecular weight is 619 g/mol. The van der Waals surface area contributed by atoms with E-state index in [9.17, 15) is 31.5 Å². The van der Waals surface area contributed by atoms with Gasteiger partial charge in [-0.15, -0.1) is 0 Å². The standard InChI is InChI=1S/C18H19ClF4N6O.C4H5F.C4H8N2O/c1-9(11-3-2-10(20)6-12(11)18(21,22)23)29(25)14-4-5-28(8-13(14)24)15-7-26-27-17(30)16(15)19;1-3-4(2)5;1-3-5-6-4(2)7/h2-3,6-7,9H,4-5,8,24-25H2,1H3,(H,27,30);3H,1-2H2;3H,1-2H3,(H,6,7)/b;;5-3-. The quantitative estimate of drug-likeness (QED) is 0.121. The van der Waals surface area contributed by atoms with Crippen LogP contribution in [0.2, 0.25) is 5.02 Å². The third-order valence-corrected chi connectivity index (χ3v) is 5.91. The van der Waals surface area contributed by atoms with Crippen molar-refractivity contribution in [1.82, 2.24) is 20.6 Å². The number of H-pyrrole nitrogens is 1. The highest BCUT2D eigenvalue weighted by atomic mass is 35.5. The fraction of sp³-hybridized carbons (Fsp3) is 0.308. The number of halogens is 6. The summed E-state index contributed by atoms with van der Waals surface area (Å²) in [6, 6.07) is 1.54. The Balaban J connectivity index is 0.000000619. The molecular weight excluding hydrogens is 587 g/mol. The number of nitrogens with two attached hydrogens (primary N) is 2. The van der Waals surface area contributed by atoms with Gasteiger partial charge in [-0.1, -0.05) is 30.8 Å². The molecule has 16 heteroatoms. The predicted octanol–water partition coefficient (Wildman–Crippen LogP) is 4.68. The summed E-state index contributed by atoms with van der Waals surface area (Å²) < 4.78 is 64.6. The van der Waals surface area contributed by atoms with E-state index in [2.05, 4.69) is 33.9 Å². The summed E-state index contributed by atoms with van der Waals surface area (Å²) >= 11 is 6.02. The van der Waals surface area contributed by atoms with Crippen LogP contribution < -0.4 is 27.5 Å². The number of anilines is 1. The van der Waals surface area contributed by atoms with Crippen molar-refractivity contribution in [3.8, 4) is 0 Å². The number of nitrogens with one attached hydrogen (secondary N) is 2. The first-order valence-corrected chi connectivity index (χ1v) is 12.5. The van der Waals surface area contributed by atoms with Gasteiger partial charge in [-0.2, -0.15) is 23.4 Å². The van der Waals surface area contributed by atoms with E-state index in [1.165, 1.54) is 26.3 Å². The van der Waals surface area contributed by atoms with Gasteiger partial charge in [0.1, 0.15) is 16.7 Å². The van der Waals surface area contributed by atoms with Gasteiger partial charge in [-0.05, 0) is 37.6 Å². The number of hydrazone groups is 1. The molecule has 1 aromatic carbocycles. The lowest BCUT2D eigenvalue weighted by Crippen LogP contribution is -2.43. The van der Waals surface area contributed by atoms with E-state index >= 15 is 0 Å². The Hall–Kier alpha value is -4.24. The zero-order chi connectivity index (χ0) is 32.2. The molecule has 0 fully saturated rings. The van der Waals surface area contributed by atoms with Crippen molar-refractivity contribution in [2.24, 2.45) is 16.7 Å². The van der Waals surface area contributed by atoms with Gasteiger partial charge in [-0.3, -0.25) is 9.59 Å². The number of allylic oxidation sites excluding steroid dienone is 2. The summed E-state index contributed by atoms with van der Waals surface area (Å²) in [6.45, 7) is 11.1. The number of aromatic amines is 1. The van der Waals surface area contributed by atoms with Crippen molar-refractivity contribution in [2.75, 3.05) is 18.0 Å². The molecule has 3 rings (SSSR count). The maximum Gasteiger partial charge on any atom is 0.416 e. The molecule has 1 unspecified atom stereocenters. The number of benzene rings is 1. The molecule has 0 aliphatic carbocycles. The van der Waals surface area contributed by atoms with Gasteiger partial charge in [0.25, 0.3) is 5.56 Å². The monoisotopic (exact) mass is 618 g/mol. The maximum absolute atomic E-state index is 13.4. The molecule has 1 atom stereocenters. The molecule has 1 aromatic heterocycles. The molecule has 0 bridgehead atoms. The van der Waals surface area contributed by atoms with Crippen LogP contribution >= 0.6 is 11.6 Å². The van der Waals surface area contributed by atoms with Crippen molar-refractivity contribution < 1.29 is 26.7 Å². The van der Waals surface area contributed by atoms with E-state index in [0.29, 0.717) is 36.1 Å². The van der Waals surface area contributed by atoms with Gasteiger partial charge in [0.2, 0.25) is 5.91 Å². The minimum atomic E-state index is -4.74. The van der Waals surface area contributed by atoms with E-state index in [0.717, 1.165) is 23.2 Å². The van der Waals surface area contributed by atoms with Crippen LogP contribution in [0.1, 0.15) is 44.4 Å². The molecule has 0 spiro atoms. The molecule has 230 valence electrons. The smallest absolute Gasteiger partial charge is 0.399 e. The normalized spacial score (nSPS) is 13.8. The molecule has 1 amide bonds. The Bertz CT molecular complexity index is 1380. The Labute approximate surface area is 244 Å². The van der Waals surface area contributed by atoms with Crippen LogP contribution in [-0.2, 0) is 11.0 Å². The van der Waals surface area contributed by atoms with Crippen LogP contribution in [0, 0.1) is 5.82 Å². The number of amides is 1. The molecule has 0 saturated carbocycles. The van der Waals surface area contributed by atoms with Crippen molar-refractivity contribution in [2.45, 2.75) is 39.4 Å². The molecular formula is C26H32ClF5N8O2. The van der Waals surface area contributed by atoms with Crippen molar-refractivity contribution >= 4 is 29.4 Å². The first kappa shape index (κ1) is 35.8. The molecule has 42 heavy (non-hydrogen) atoms. The van der Waals surface area contributed by atoms with Crippen LogP contribution in [0.15, 0.2) is 70.7 Å². The van der Waals surface area contributed by atoms with E-state index in [1.54, 1.807) is 11.8 Å². The Kier molecular flexibility index (Phi) is 13.9. The second-order valence-corrected chi connectivity index (χ2v) is 8.94. The van der Waals surface area contributed by atoms with E-state index in [4.69, 9.17) is 23.2 Å². The Morgan fingerprint density at radius 3 is 2.48 bits per heavy atom. The lowest BCUT2D eigenvalue weighted by atomic mass is 9.99. The van der Waals surface area contributed by atoms with Gasteiger partial charge in [-0.25, -0.2) is 25.1 Å². The second-order valence-electron chi connectivity index (χ2n) is 8.56. The first-order valence-electron chi connectivity index (χ1n) is 12.1. The number of nitrogens with zero attached hydrogens (tertiary/aromatic N) is 4. The van der Waals surface area contributed by atoms with Gasteiger partial charge in [0.05, 0.1) is 35.7 Å². The lowest BCUT2D eigenvalue weighted by Gasteiger charge is -2.37. The Morgan fingerprint density at radius 1 is 1.38 bits per heavy atom. The van der Waals surface area contributed by atoms with Crippen molar-refractivity contribution in [1.29, 1.82) is 0 Å².